The van der Waals surface area contributed by atoms with E-state index in [1.54, 1.807) is 6.08 Å². The zero-order valence-corrected chi connectivity index (χ0v) is 12.6. The summed E-state index contributed by atoms with van der Waals surface area (Å²) in [5.74, 6) is -0.595. The summed E-state index contributed by atoms with van der Waals surface area (Å²) < 4.78 is 9.38. The second-order valence-corrected chi connectivity index (χ2v) is 5.45. The van der Waals surface area contributed by atoms with Crippen LogP contribution in [0.15, 0.2) is 17.9 Å². The van der Waals surface area contributed by atoms with Crippen LogP contribution < -0.4 is 0 Å². The Morgan fingerprint density at radius 3 is 2.20 bits per heavy atom. The van der Waals surface area contributed by atoms with E-state index in [-0.39, 0.29) is 6.42 Å². The van der Waals surface area contributed by atoms with Crippen LogP contribution in [0.5, 0.6) is 0 Å². The average molecular weight is 280 g/mol. The topological polar surface area (TPSA) is 52.6 Å². The smallest absolute Gasteiger partial charge is 0.323 e. The molecule has 0 atom stereocenters. The van der Waals surface area contributed by atoms with Crippen molar-refractivity contribution >= 4 is 11.9 Å². The monoisotopic (exact) mass is 280 g/mol. The van der Waals surface area contributed by atoms with Crippen molar-refractivity contribution < 1.29 is 19.1 Å². The minimum Gasteiger partial charge on any atom is -0.468 e. The van der Waals surface area contributed by atoms with E-state index in [0.717, 1.165) is 0 Å². The lowest BCUT2D eigenvalue weighted by Crippen LogP contribution is -2.38. The molecular formula is C16H24O4. The van der Waals surface area contributed by atoms with Crippen LogP contribution in [-0.2, 0) is 19.1 Å². The minimum atomic E-state index is -1.29. The molecule has 1 rings (SSSR count). The van der Waals surface area contributed by atoms with Gasteiger partial charge in [0.2, 0.25) is 0 Å². The summed E-state index contributed by atoms with van der Waals surface area (Å²) in [6.07, 6.45) is 10.3. The summed E-state index contributed by atoms with van der Waals surface area (Å²) in [4.78, 5) is 23.5. The molecule has 4 heteroatoms. The Labute approximate surface area is 120 Å². The van der Waals surface area contributed by atoms with Crippen LogP contribution in [0.3, 0.4) is 0 Å². The molecule has 1 fully saturated rings. The van der Waals surface area contributed by atoms with Crippen LogP contribution in [0.2, 0.25) is 0 Å². The molecule has 1 saturated carbocycles. The fraction of sp³-hybridized carbons (Fsp3) is 0.688. The number of carbonyl (C=O) groups is 2. The van der Waals surface area contributed by atoms with Crippen LogP contribution in [-0.4, -0.2) is 26.2 Å². The number of esters is 2. The molecule has 0 aromatic carbocycles. The SMILES string of the molecule is COC(=O)C(C)(CC=C=CC1CCCCC1)C(=O)OC. The predicted molar refractivity (Wildman–Crippen MR) is 76.0 cm³/mol. The molecule has 0 heterocycles. The van der Waals surface area contributed by atoms with Gasteiger partial charge in [0, 0.05) is 0 Å². The number of rotatable bonds is 5. The van der Waals surface area contributed by atoms with Crippen molar-refractivity contribution in [3.05, 3.63) is 17.9 Å². The minimum absolute atomic E-state index is 0.232. The van der Waals surface area contributed by atoms with Gasteiger partial charge in [0.15, 0.2) is 5.41 Å². The molecule has 0 aliphatic heterocycles. The van der Waals surface area contributed by atoms with Gasteiger partial charge in [-0.1, -0.05) is 19.3 Å². The molecule has 0 aromatic heterocycles. The van der Waals surface area contributed by atoms with Crippen molar-refractivity contribution in [1.82, 2.24) is 0 Å². The van der Waals surface area contributed by atoms with Crippen LogP contribution in [0, 0.1) is 11.3 Å². The highest BCUT2D eigenvalue weighted by atomic mass is 16.5. The van der Waals surface area contributed by atoms with Gasteiger partial charge in [-0.15, -0.1) is 5.73 Å². The first-order valence-corrected chi connectivity index (χ1v) is 7.12. The molecule has 0 spiro atoms. The molecule has 1 aliphatic rings. The lowest BCUT2D eigenvalue weighted by molar-refractivity contribution is -0.167. The van der Waals surface area contributed by atoms with Gasteiger partial charge in [-0.25, -0.2) is 0 Å². The molecule has 112 valence electrons. The van der Waals surface area contributed by atoms with Gasteiger partial charge < -0.3 is 9.47 Å². The van der Waals surface area contributed by atoms with Gasteiger partial charge in [-0.2, -0.15) is 0 Å². The number of carbonyl (C=O) groups excluding carboxylic acids is 2. The normalized spacial score (nSPS) is 15.9. The van der Waals surface area contributed by atoms with Gasteiger partial charge in [0.1, 0.15) is 0 Å². The number of hydrogen-bond donors (Lipinski definition) is 0. The lowest BCUT2D eigenvalue weighted by Gasteiger charge is -2.21. The number of ether oxygens (including phenoxy) is 2. The second kappa shape index (κ2) is 7.91. The first kappa shape index (κ1) is 16.5. The summed E-state index contributed by atoms with van der Waals surface area (Å²) in [5.41, 5.74) is 1.81. The molecule has 4 nitrogen and oxygen atoms in total. The predicted octanol–water partition coefficient (Wildman–Crippen LogP) is 3.02. The molecule has 1 aliphatic carbocycles. The van der Waals surface area contributed by atoms with Gasteiger partial charge in [-0.3, -0.25) is 9.59 Å². The Bertz CT molecular complexity index is 383. The molecule has 0 bridgehead atoms. The van der Waals surface area contributed by atoms with E-state index in [2.05, 4.69) is 15.2 Å². The Balaban J connectivity index is 2.68. The van der Waals surface area contributed by atoms with Crippen molar-refractivity contribution in [3.8, 4) is 0 Å². The molecular weight excluding hydrogens is 256 g/mol. The second-order valence-electron chi connectivity index (χ2n) is 5.45. The maximum atomic E-state index is 11.7. The summed E-state index contributed by atoms with van der Waals surface area (Å²) >= 11 is 0. The van der Waals surface area contributed by atoms with E-state index >= 15 is 0 Å². The Morgan fingerprint density at radius 2 is 1.70 bits per heavy atom. The Morgan fingerprint density at radius 1 is 1.15 bits per heavy atom. The van der Waals surface area contributed by atoms with Gasteiger partial charge in [0.05, 0.1) is 14.2 Å². The highest BCUT2D eigenvalue weighted by molar-refractivity contribution is 5.99. The highest BCUT2D eigenvalue weighted by Gasteiger charge is 2.42. The summed E-state index contributed by atoms with van der Waals surface area (Å²) in [6, 6.07) is 0. The van der Waals surface area contributed by atoms with Gasteiger partial charge in [0.25, 0.3) is 0 Å². The summed E-state index contributed by atoms with van der Waals surface area (Å²) in [7, 11) is 2.54. The van der Waals surface area contributed by atoms with Crippen LogP contribution in [0.4, 0.5) is 0 Å². The van der Waals surface area contributed by atoms with E-state index in [1.807, 2.05) is 6.08 Å². The lowest BCUT2D eigenvalue weighted by atomic mass is 9.86. The van der Waals surface area contributed by atoms with Crippen LogP contribution in [0.1, 0.15) is 45.4 Å². The molecule has 0 N–H and O–H groups in total. The van der Waals surface area contributed by atoms with E-state index in [1.165, 1.54) is 53.2 Å². The number of allylic oxidation sites excluding steroid dienone is 1. The first-order chi connectivity index (χ1) is 9.54. The van der Waals surface area contributed by atoms with Gasteiger partial charge in [-0.05, 0) is 44.3 Å². The molecule has 0 saturated heterocycles. The van der Waals surface area contributed by atoms with Crippen LogP contribution in [0.25, 0.3) is 0 Å². The number of methoxy groups -OCH3 is 2. The first-order valence-electron chi connectivity index (χ1n) is 7.12. The third-order valence-corrected chi connectivity index (χ3v) is 3.88. The zero-order valence-electron chi connectivity index (χ0n) is 12.6. The maximum absolute atomic E-state index is 11.7. The fourth-order valence-electron chi connectivity index (χ4n) is 2.47. The van der Waals surface area contributed by atoms with Crippen LogP contribution >= 0.6 is 0 Å². The highest BCUT2D eigenvalue weighted by Crippen LogP contribution is 2.26. The molecule has 0 unspecified atom stereocenters. The Kier molecular flexibility index (Phi) is 6.53. The standard InChI is InChI=1S/C16H24O4/c1-16(14(17)19-2,15(18)20-3)12-8-7-11-13-9-5-4-6-10-13/h8,11,13H,4-6,9-10,12H2,1-3H3. The van der Waals surface area contributed by atoms with Crippen molar-refractivity contribution in [3.63, 3.8) is 0 Å². The fourth-order valence-corrected chi connectivity index (χ4v) is 2.47. The van der Waals surface area contributed by atoms with E-state index in [9.17, 15) is 9.59 Å². The summed E-state index contributed by atoms with van der Waals surface area (Å²) in [5, 5.41) is 0. The number of hydrogen-bond acceptors (Lipinski definition) is 4. The van der Waals surface area contributed by atoms with E-state index < -0.39 is 17.4 Å². The van der Waals surface area contributed by atoms with E-state index in [4.69, 9.17) is 0 Å². The van der Waals surface area contributed by atoms with Crippen molar-refractivity contribution in [2.75, 3.05) is 14.2 Å². The third kappa shape index (κ3) is 4.24. The molecule has 0 aromatic rings. The third-order valence-electron chi connectivity index (χ3n) is 3.88. The van der Waals surface area contributed by atoms with Crippen molar-refractivity contribution in [2.45, 2.75) is 45.4 Å². The molecule has 0 amide bonds. The summed E-state index contributed by atoms with van der Waals surface area (Å²) in [6.45, 7) is 1.53. The average Bonchev–Trinajstić information content (AvgIpc) is 2.50. The molecule has 0 radical (unpaired) electrons. The molecule has 20 heavy (non-hydrogen) atoms. The van der Waals surface area contributed by atoms with Crippen molar-refractivity contribution in [1.29, 1.82) is 0 Å². The zero-order chi connectivity index (χ0) is 15.0. The Hall–Kier alpha value is -1.54. The quantitative estimate of drug-likeness (QED) is 0.441. The van der Waals surface area contributed by atoms with Gasteiger partial charge >= 0.3 is 11.9 Å². The maximum Gasteiger partial charge on any atom is 0.323 e. The van der Waals surface area contributed by atoms with Crippen molar-refractivity contribution in [2.24, 2.45) is 11.3 Å². The largest absolute Gasteiger partial charge is 0.468 e. The van der Waals surface area contributed by atoms with E-state index in [0.29, 0.717) is 5.92 Å².